The molecule has 0 saturated carbocycles. The zero-order valence-corrected chi connectivity index (χ0v) is 11.3. The van der Waals surface area contributed by atoms with Crippen LogP contribution in [0.2, 0.25) is 0 Å². The summed E-state index contributed by atoms with van der Waals surface area (Å²) < 4.78 is 12.9. The van der Waals surface area contributed by atoms with Gasteiger partial charge in [-0.1, -0.05) is 41.5 Å². The van der Waals surface area contributed by atoms with Gasteiger partial charge in [-0.05, 0) is 43.5 Å². The van der Waals surface area contributed by atoms with Gasteiger partial charge in [0.2, 0.25) is 0 Å². The van der Waals surface area contributed by atoms with Crippen LogP contribution in [0.25, 0.3) is 0 Å². The summed E-state index contributed by atoms with van der Waals surface area (Å²) in [5.74, 6) is 5.44. The van der Waals surface area contributed by atoms with E-state index >= 15 is 0 Å². The first-order valence-electron chi connectivity index (χ1n) is 6.37. The predicted molar refractivity (Wildman–Crippen MR) is 76.1 cm³/mol. The topological polar surface area (TPSA) is 38.0 Å². The van der Waals surface area contributed by atoms with Crippen molar-refractivity contribution in [3.05, 3.63) is 70.5 Å². The van der Waals surface area contributed by atoms with Crippen LogP contribution >= 0.6 is 0 Å². The Morgan fingerprint density at radius 2 is 1.63 bits per heavy atom. The fourth-order valence-corrected chi connectivity index (χ4v) is 2.34. The van der Waals surface area contributed by atoms with Gasteiger partial charge in [0, 0.05) is 6.04 Å². The summed E-state index contributed by atoms with van der Waals surface area (Å²) in [6.07, 6.45) is 0.736. The normalized spacial score (nSPS) is 12.4. The number of hydrogen-bond donors (Lipinski definition) is 2. The molecule has 0 bridgehead atoms. The minimum absolute atomic E-state index is 0.0315. The maximum absolute atomic E-state index is 12.9. The van der Waals surface area contributed by atoms with E-state index in [4.69, 9.17) is 5.84 Å². The second kappa shape index (κ2) is 5.95. The van der Waals surface area contributed by atoms with Gasteiger partial charge < -0.3 is 0 Å². The lowest BCUT2D eigenvalue weighted by Crippen LogP contribution is -2.29. The van der Waals surface area contributed by atoms with Gasteiger partial charge in [0.25, 0.3) is 0 Å². The lowest BCUT2D eigenvalue weighted by atomic mass is 9.96. The molecule has 1 atom stereocenters. The molecule has 1 unspecified atom stereocenters. The highest BCUT2D eigenvalue weighted by molar-refractivity contribution is 5.32. The molecule has 0 fully saturated rings. The van der Waals surface area contributed by atoms with Crippen molar-refractivity contribution >= 4 is 0 Å². The molecule has 0 aliphatic heterocycles. The van der Waals surface area contributed by atoms with E-state index < -0.39 is 0 Å². The van der Waals surface area contributed by atoms with E-state index in [0.717, 1.165) is 17.5 Å². The molecule has 0 aliphatic carbocycles. The smallest absolute Gasteiger partial charge is 0.123 e. The van der Waals surface area contributed by atoms with E-state index in [1.807, 2.05) is 0 Å². The van der Waals surface area contributed by atoms with Gasteiger partial charge in [0.05, 0.1) is 0 Å². The molecule has 2 aromatic carbocycles. The van der Waals surface area contributed by atoms with E-state index in [1.54, 1.807) is 12.1 Å². The molecule has 0 saturated heterocycles. The lowest BCUT2D eigenvalue weighted by molar-refractivity contribution is 0.550. The maximum atomic E-state index is 12.9. The van der Waals surface area contributed by atoms with E-state index in [9.17, 15) is 4.39 Å². The lowest BCUT2D eigenvalue weighted by Gasteiger charge is -2.18. The van der Waals surface area contributed by atoms with E-state index in [2.05, 4.69) is 37.5 Å². The Morgan fingerprint density at radius 3 is 2.16 bits per heavy atom. The third-order valence-electron chi connectivity index (χ3n) is 3.20. The van der Waals surface area contributed by atoms with E-state index in [1.165, 1.54) is 23.3 Å². The fourth-order valence-electron chi connectivity index (χ4n) is 2.34. The van der Waals surface area contributed by atoms with Gasteiger partial charge in [-0.3, -0.25) is 11.3 Å². The Labute approximate surface area is 113 Å². The summed E-state index contributed by atoms with van der Waals surface area (Å²) >= 11 is 0. The first kappa shape index (κ1) is 13.7. The Hall–Kier alpha value is -1.71. The summed E-state index contributed by atoms with van der Waals surface area (Å²) in [7, 11) is 0. The average molecular weight is 258 g/mol. The molecule has 0 spiro atoms. The number of rotatable bonds is 4. The number of nitrogens with two attached hydrogens (primary N) is 1. The van der Waals surface area contributed by atoms with Crippen LogP contribution in [0.1, 0.15) is 28.3 Å². The fraction of sp³-hybridized carbons (Fsp3) is 0.250. The highest BCUT2D eigenvalue weighted by atomic mass is 19.1. The van der Waals surface area contributed by atoms with Gasteiger partial charge in [-0.2, -0.15) is 0 Å². The molecule has 3 N–H and O–H groups in total. The van der Waals surface area contributed by atoms with E-state index in [0.29, 0.717) is 0 Å². The first-order valence-corrected chi connectivity index (χ1v) is 6.37. The minimum atomic E-state index is -0.215. The minimum Gasteiger partial charge on any atom is -0.271 e. The number of benzene rings is 2. The Kier molecular flexibility index (Phi) is 4.30. The van der Waals surface area contributed by atoms with Crippen LogP contribution in [0.5, 0.6) is 0 Å². The highest BCUT2D eigenvalue weighted by Gasteiger charge is 2.11. The van der Waals surface area contributed by atoms with Gasteiger partial charge in [0.15, 0.2) is 0 Å². The van der Waals surface area contributed by atoms with Gasteiger partial charge in [0.1, 0.15) is 5.82 Å². The molecule has 19 heavy (non-hydrogen) atoms. The zero-order chi connectivity index (χ0) is 13.8. The summed E-state index contributed by atoms with van der Waals surface area (Å²) in [6, 6.07) is 13.0. The van der Waals surface area contributed by atoms with Crippen molar-refractivity contribution in [3.63, 3.8) is 0 Å². The summed E-state index contributed by atoms with van der Waals surface area (Å²) in [5, 5.41) is 0. The van der Waals surface area contributed by atoms with Gasteiger partial charge in [-0.25, -0.2) is 4.39 Å². The van der Waals surface area contributed by atoms with Crippen molar-refractivity contribution in [2.75, 3.05) is 0 Å². The van der Waals surface area contributed by atoms with Crippen LogP contribution in [0, 0.1) is 19.7 Å². The molecule has 2 aromatic rings. The molecule has 100 valence electrons. The van der Waals surface area contributed by atoms with Crippen molar-refractivity contribution in [2.24, 2.45) is 5.84 Å². The van der Waals surface area contributed by atoms with Gasteiger partial charge in [-0.15, -0.1) is 0 Å². The predicted octanol–water partition coefficient (Wildman–Crippen LogP) is 3.19. The Bertz CT molecular complexity index is 529. The molecular weight excluding hydrogens is 239 g/mol. The molecule has 2 rings (SSSR count). The van der Waals surface area contributed by atoms with E-state index in [-0.39, 0.29) is 11.9 Å². The van der Waals surface area contributed by atoms with Gasteiger partial charge >= 0.3 is 0 Å². The second-order valence-corrected chi connectivity index (χ2v) is 4.97. The van der Waals surface area contributed by atoms with Crippen LogP contribution in [0.4, 0.5) is 4.39 Å². The molecule has 0 aliphatic rings. The Balaban J connectivity index is 2.22. The number of aryl methyl sites for hydroxylation is 2. The third-order valence-corrected chi connectivity index (χ3v) is 3.20. The maximum Gasteiger partial charge on any atom is 0.123 e. The molecule has 0 aromatic heterocycles. The molecule has 3 heteroatoms. The summed E-state index contributed by atoms with van der Waals surface area (Å²) in [5.41, 5.74) is 7.49. The van der Waals surface area contributed by atoms with Crippen LogP contribution < -0.4 is 11.3 Å². The second-order valence-electron chi connectivity index (χ2n) is 4.97. The Morgan fingerprint density at radius 1 is 1.05 bits per heavy atom. The van der Waals surface area contributed by atoms with Crippen LogP contribution in [0.15, 0.2) is 42.5 Å². The SMILES string of the molecule is Cc1cc(C)cc(C(Cc2ccc(F)cc2)NN)c1. The van der Waals surface area contributed by atoms with Crippen molar-refractivity contribution < 1.29 is 4.39 Å². The third kappa shape index (κ3) is 3.63. The molecule has 0 radical (unpaired) electrons. The number of halogens is 1. The molecule has 0 amide bonds. The van der Waals surface area contributed by atoms with Crippen molar-refractivity contribution in [1.82, 2.24) is 5.43 Å². The standard InChI is InChI=1S/C16H19FN2/c1-11-7-12(2)9-14(8-11)16(19-18)10-13-3-5-15(17)6-4-13/h3-9,16,19H,10,18H2,1-2H3. The largest absolute Gasteiger partial charge is 0.271 e. The van der Waals surface area contributed by atoms with Crippen LogP contribution in [-0.4, -0.2) is 0 Å². The zero-order valence-electron chi connectivity index (χ0n) is 11.3. The number of hydrazine groups is 1. The first-order chi connectivity index (χ1) is 9.08. The van der Waals surface area contributed by atoms with Crippen LogP contribution in [-0.2, 0) is 6.42 Å². The summed E-state index contributed by atoms with van der Waals surface area (Å²) in [6.45, 7) is 4.14. The molecule has 0 heterocycles. The number of nitrogens with one attached hydrogen (secondary N) is 1. The van der Waals surface area contributed by atoms with Crippen LogP contribution in [0.3, 0.4) is 0 Å². The average Bonchev–Trinajstić information content (AvgIpc) is 2.37. The highest BCUT2D eigenvalue weighted by Crippen LogP contribution is 2.20. The monoisotopic (exact) mass is 258 g/mol. The molecular formula is C16H19FN2. The number of hydrogen-bond acceptors (Lipinski definition) is 2. The van der Waals surface area contributed by atoms with Crippen molar-refractivity contribution in [2.45, 2.75) is 26.3 Å². The van der Waals surface area contributed by atoms with Crippen molar-refractivity contribution in [3.8, 4) is 0 Å². The summed E-state index contributed by atoms with van der Waals surface area (Å²) in [4.78, 5) is 0. The van der Waals surface area contributed by atoms with Crippen molar-refractivity contribution in [1.29, 1.82) is 0 Å². The molecule has 2 nitrogen and oxygen atoms in total. The quantitative estimate of drug-likeness (QED) is 0.653.